The average Bonchev–Trinajstić information content (AvgIpc) is 3.01. The maximum Gasteiger partial charge on any atom is -0.0209 e. The number of rotatable bonds is 22. The Morgan fingerprint density at radius 2 is 1.15 bits per heavy atom. The third kappa shape index (κ3) is 15.5. The Balaban J connectivity index is 2.69. The van der Waals surface area contributed by atoms with E-state index >= 15 is 0 Å². The van der Waals surface area contributed by atoms with Crippen molar-refractivity contribution in [2.24, 2.45) is 41.4 Å². The number of allylic oxidation sites excluding steroid dienone is 1. The fourth-order valence-corrected chi connectivity index (χ4v) is 8.24. The average molecular weight is 545 g/mol. The van der Waals surface area contributed by atoms with Crippen molar-refractivity contribution >= 4 is 0 Å². The third-order valence-electron chi connectivity index (χ3n) is 11.5. The summed E-state index contributed by atoms with van der Waals surface area (Å²) < 4.78 is 0. The zero-order valence-electron chi connectivity index (χ0n) is 28.5. The molecular weight excluding hydrogens is 468 g/mol. The van der Waals surface area contributed by atoms with Crippen molar-refractivity contribution in [3.05, 3.63) is 12.2 Å². The molecule has 0 aromatic rings. The number of unbranched alkanes of at least 4 members (excludes halogenated alkanes) is 6. The molecule has 0 heterocycles. The Labute approximate surface area is 249 Å². The summed E-state index contributed by atoms with van der Waals surface area (Å²) in [5.74, 6) is 6.53. The molecule has 7 unspecified atom stereocenters. The molecule has 0 aromatic heterocycles. The third-order valence-corrected chi connectivity index (χ3v) is 11.5. The minimum atomic E-state index is 0.766. The molecule has 0 spiro atoms. The van der Waals surface area contributed by atoms with Crippen molar-refractivity contribution in [1.29, 1.82) is 0 Å². The Morgan fingerprint density at radius 3 is 1.74 bits per heavy atom. The van der Waals surface area contributed by atoms with E-state index in [1.54, 1.807) is 0 Å². The molecule has 232 valence electrons. The molecule has 0 aliphatic heterocycles. The summed E-state index contributed by atoms with van der Waals surface area (Å²) in [4.78, 5) is 0. The van der Waals surface area contributed by atoms with Crippen molar-refractivity contribution in [3.63, 3.8) is 0 Å². The van der Waals surface area contributed by atoms with Crippen LogP contribution in [0.3, 0.4) is 0 Å². The highest BCUT2D eigenvalue weighted by atomic mass is 14.3. The van der Waals surface area contributed by atoms with Crippen molar-refractivity contribution in [2.75, 3.05) is 0 Å². The van der Waals surface area contributed by atoms with E-state index in [1.165, 1.54) is 153 Å². The van der Waals surface area contributed by atoms with Crippen LogP contribution >= 0.6 is 0 Å². The van der Waals surface area contributed by atoms with Crippen LogP contribution in [0, 0.1) is 41.4 Å². The van der Waals surface area contributed by atoms with Crippen LogP contribution in [0.5, 0.6) is 0 Å². The van der Waals surface area contributed by atoms with Crippen LogP contribution in [-0.4, -0.2) is 0 Å². The highest BCUT2D eigenvalue weighted by molar-refractivity contribution is 4.96. The van der Waals surface area contributed by atoms with Gasteiger partial charge in [0.15, 0.2) is 0 Å². The molecule has 1 saturated carbocycles. The van der Waals surface area contributed by atoms with E-state index in [0.29, 0.717) is 0 Å². The van der Waals surface area contributed by atoms with Crippen LogP contribution in [0.15, 0.2) is 12.2 Å². The minimum Gasteiger partial charge on any atom is -0.0999 e. The van der Waals surface area contributed by atoms with E-state index in [1.807, 2.05) is 0 Å². The van der Waals surface area contributed by atoms with E-state index in [4.69, 9.17) is 0 Å². The monoisotopic (exact) mass is 545 g/mol. The van der Waals surface area contributed by atoms with Crippen molar-refractivity contribution < 1.29 is 0 Å². The smallest absolute Gasteiger partial charge is 0.0209 e. The van der Waals surface area contributed by atoms with Gasteiger partial charge in [0.1, 0.15) is 0 Å². The van der Waals surface area contributed by atoms with Gasteiger partial charge in [-0.25, -0.2) is 0 Å². The molecule has 0 amide bonds. The van der Waals surface area contributed by atoms with Gasteiger partial charge in [0, 0.05) is 0 Å². The molecule has 1 rings (SSSR count). The summed E-state index contributed by atoms with van der Waals surface area (Å²) in [6, 6.07) is 0. The van der Waals surface area contributed by atoms with Crippen LogP contribution in [0.4, 0.5) is 0 Å². The lowest BCUT2D eigenvalue weighted by Crippen LogP contribution is -2.18. The zero-order chi connectivity index (χ0) is 28.9. The van der Waals surface area contributed by atoms with E-state index in [2.05, 4.69) is 55.0 Å². The zero-order valence-corrected chi connectivity index (χ0v) is 28.5. The van der Waals surface area contributed by atoms with Gasteiger partial charge in [0.25, 0.3) is 0 Å². The number of hydrogen-bond donors (Lipinski definition) is 0. The first-order valence-electron chi connectivity index (χ1n) is 18.6. The molecule has 0 bridgehead atoms. The Hall–Kier alpha value is -0.260. The normalized spacial score (nSPS) is 24.9. The maximum absolute atomic E-state index is 4.42. The summed E-state index contributed by atoms with van der Waals surface area (Å²) in [5.41, 5.74) is 1.45. The van der Waals surface area contributed by atoms with E-state index < -0.39 is 0 Å². The molecule has 0 radical (unpaired) electrons. The van der Waals surface area contributed by atoms with Gasteiger partial charge in [-0.05, 0) is 80.5 Å². The van der Waals surface area contributed by atoms with E-state index in [0.717, 1.165) is 41.4 Å². The van der Waals surface area contributed by atoms with Gasteiger partial charge < -0.3 is 0 Å². The highest BCUT2D eigenvalue weighted by Crippen LogP contribution is 2.40. The van der Waals surface area contributed by atoms with Crippen LogP contribution in [0.2, 0.25) is 0 Å². The van der Waals surface area contributed by atoms with Crippen molar-refractivity contribution in [3.8, 4) is 0 Å². The second-order valence-electron chi connectivity index (χ2n) is 14.3. The van der Waals surface area contributed by atoms with Crippen LogP contribution < -0.4 is 0 Å². The molecule has 0 aromatic carbocycles. The fraction of sp³-hybridized carbons (Fsp3) is 0.949. The van der Waals surface area contributed by atoms with Crippen LogP contribution in [-0.2, 0) is 0 Å². The van der Waals surface area contributed by atoms with Gasteiger partial charge in [0.05, 0.1) is 0 Å². The van der Waals surface area contributed by atoms with E-state index in [-0.39, 0.29) is 0 Å². The largest absolute Gasteiger partial charge is 0.0999 e. The maximum atomic E-state index is 4.42. The first kappa shape index (κ1) is 36.8. The molecule has 7 atom stereocenters. The molecule has 0 N–H and O–H groups in total. The summed E-state index contributed by atoms with van der Waals surface area (Å²) in [5, 5.41) is 0. The van der Waals surface area contributed by atoms with Gasteiger partial charge in [-0.3, -0.25) is 0 Å². The van der Waals surface area contributed by atoms with Gasteiger partial charge in [-0.15, -0.1) is 0 Å². The van der Waals surface area contributed by atoms with Gasteiger partial charge in [0.2, 0.25) is 0 Å². The standard InChI is InChI=1S/C39H76/c1-9-14-16-18-22-36(32(6)7)29-31-39-30-28-35(13-5)38(26-20-24-34(39)12-4)27-21-25-37(33(8)11-3)23-19-17-15-10-2/h33-39H,6,9-31H2,1-5,7-8H3. The topological polar surface area (TPSA) is 0 Å². The highest BCUT2D eigenvalue weighted by Gasteiger charge is 2.28. The Bertz CT molecular complexity index is 560. The van der Waals surface area contributed by atoms with Gasteiger partial charge in [-0.2, -0.15) is 0 Å². The molecule has 39 heavy (non-hydrogen) atoms. The summed E-state index contributed by atoms with van der Waals surface area (Å²) in [6.45, 7) is 21.3. The van der Waals surface area contributed by atoms with Gasteiger partial charge in [-0.1, -0.05) is 169 Å². The Morgan fingerprint density at radius 1 is 0.615 bits per heavy atom. The fourth-order valence-electron chi connectivity index (χ4n) is 8.24. The molecule has 1 aliphatic rings. The van der Waals surface area contributed by atoms with Crippen LogP contribution in [0.25, 0.3) is 0 Å². The molecular formula is C39H76. The lowest BCUT2D eigenvalue weighted by molar-refractivity contribution is 0.221. The predicted molar refractivity (Wildman–Crippen MR) is 179 cm³/mol. The predicted octanol–water partition coefficient (Wildman–Crippen LogP) is 14.0. The quantitative estimate of drug-likeness (QED) is 0.0938. The second-order valence-corrected chi connectivity index (χ2v) is 14.3. The molecule has 0 saturated heterocycles. The second kappa shape index (κ2) is 23.3. The summed E-state index contributed by atoms with van der Waals surface area (Å²) in [6.07, 6.45) is 33.2. The molecule has 1 aliphatic carbocycles. The van der Waals surface area contributed by atoms with Gasteiger partial charge >= 0.3 is 0 Å². The molecule has 0 nitrogen and oxygen atoms in total. The first-order valence-corrected chi connectivity index (χ1v) is 18.6. The molecule has 0 heteroatoms. The first-order chi connectivity index (χ1) is 18.9. The van der Waals surface area contributed by atoms with Crippen molar-refractivity contribution in [2.45, 2.75) is 196 Å². The summed E-state index contributed by atoms with van der Waals surface area (Å²) in [7, 11) is 0. The Kier molecular flexibility index (Phi) is 22.0. The minimum absolute atomic E-state index is 0.766. The number of hydrogen-bond acceptors (Lipinski definition) is 0. The lowest BCUT2D eigenvalue weighted by atomic mass is 9.76. The van der Waals surface area contributed by atoms with Crippen LogP contribution in [0.1, 0.15) is 196 Å². The van der Waals surface area contributed by atoms with Crippen molar-refractivity contribution in [1.82, 2.24) is 0 Å². The van der Waals surface area contributed by atoms with E-state index in [9.17, 15) is 0 Å². The lowest BCUT2D eigenvalue weighted by Gasteiger charge is -2.30. The molecule has 1 fully saturated rings. The SMILES string of the molecule is C=C(C)C(CCCCCC)CCC1CCC(CC)C(CCCC(CCCCCC)C(C)CC)CCCC1CC. The summed E-state index contributed by atoms with van der Waals surface area (Å²) >= 11 is 0.